The normalized spacial score (nSPS) is 19.0. The number of piperazine rings is 1. The number of hydrogen-bond donors (Lipinski definition) is 1. The molecule has 0 aromatic heterocycles. The molecule has 0 atom stereocenters. The van der Waals surface area contributed by atoms with E-state index in [4.69, 9.17) is 10.00 Å². The van der Waals surface area contributed by atoms with Gasteiger partial charge in [-0.15, -0.1) is 0 Å². The first-order valence-corrected chi connectivity index (χ1v) is 10.7. The molecule has 0 unspecified atom stereocenters. The van der Waals surface area contributed by atoms with Crippen molar-refractivity contribution < 1.29 is 14.4 Å². The lowest BCUT2D eigenvalue weighted by Crippen LogP contribution is -3.14. The first-order chi connectivity index (χ1) is 13.7. The number of hydrogen-bond acceptors (Lipinski definition) is 5. The van der Waals surface area contributed by atoms with Crippen molar-refractivity contribution in [3.8, 4) is 11.8 Å². The molecule has 0 bridgehead atoms. The second-order valence-corrected chi connectivity index (χ2v) is 7.99. The third kappa shape index (κ3) is 5.60. The van der Waals surface area contributed by atoms with E-state index in [0.29, 0.717) is 11.3 Å². The summed E-state index contributed by atoms with van der Waals surface area (Å²) in [6.45, 7) is 7.47. The highest BCUT2D eigenvalue weighted by Gasteiger charge is 2.29. The van der Waals surface area contributed by atoms with Gasteiger partial charge in [-0.05, 0) is 42.0 Å². The molecule has 1 N–H and O–H groups in total. The Labute approximate surface area is 170 Å². The number of thioether (sulfide) groups is 1. The monoisotopic (exact) mass is 399 g/mol. The average Bonchev–Trinajstić information content (AvgIpc) is 3.08. The van der Waals surface area contributed by atoms with Gasteiger partial charge in [-0.3, -0.25) is 4.79 Å². The zero-order valence-corrected chi connectivity index (χ0v) is 17.1. The number of nitrogens with zero attached hydrogens (tertiary/aromatic N) is 3. The van der Waals surface area contributed by atoms with E-state index in [2.05, 4.69) is 22.9 Å². The Hall–Kier alpha value is -2.30. The third-order valence-electron chi connectivity index (χ3n) is 4.89. The van der Waals surface area contributed by atoms with Crippen molar-refractivity contribution in [1.82, 2.24) is 4.90 Å². The van der Waals surface area contributed by atoms with Crippen molar-refractivity contribution in [2.45, 2.75) is 26.2 Å². The highest BCUT2D eigenvalue weighted by Crippen LogP contribution is 2.30. The quantitative estimate of drug-likeness (QED) is 0.561. The fraction of sp³-hybridized carbons (Fsp3) is 0.476. The number of aliphatic imine (C=N–C) groups is 1. The van der Waals surface area contributed by atoms with E-state index in [1.807, 2.05) is 30.3 Å². The van der Waals surface area contributed by atoms with Gasteiger partial charge in [-0.2, -0.15) is 10.3 Å². The summed E-state index contributed by atoms with van der Waals surface area (Å²) in [4.78, 5) is 20.9. The van der Waals surface area contributed by atoms with Gasteiger partial charge in [0.25, 0.3) is 5.91 Å². The van der Waals surface area contributed by atoms with E-state index in [0.717, 1.165) is 68.7 Å². The molecule has 0 spiro atoms. The molecule has 148 valence electrons. The Balaban J connectivity index is 1.53. The second kappa shape index (κ2) is 10.3. The van der Waals surface area contributed by atoms with Crippen LogP contribution in [0.1, 0.15) is 31.7 Å². The van der Waals surface area contributed by atoms with Crippen molar-refractivity contribution >= 4 is 28.9 Å². The van der Waals surface area contributed by atoms with Crippen molar-refractivity contribution in [3.05, 3.63) is 34.7 Å². The van der Waals surface area contributed by atoms with Crippen LogP contribution in [0.5, 0.6) is 5.75 Å². The van der Waals surface area contributed by atoms with E-state index in [1.165, 1.54) is 16.7 Å². The highest BCUT2D eigenvalue weighted by atomic mass is 32.2. The van der Waals surface area contributed by atoms with E-state index < -0.39 is 0 Å². The van der Waals surface area contributed by atoms with Crippen LogP contribution in [0, 0.1) is 11.3 Å². The lowest BCUT2D eigenvalue weighted by atomic mass is 10.2. The van der Waals surface area contributed by atoms with Crippen molar-refractivity contribution in [2.24, 2.45) is 4.99 Å². The van der Waals surface area contributed by atoms with Gasteiger partial charge in [-0.25, -0.2) is 0 Å². The van der Waals surface area contributed by atoms with Crippen molar-refractivity contribution in [3.63, 3.8) is 0 Å². The summed E-state index contributed by atoms with van der Waals surface area (Å²) >= 11 is 1.45. The maximum Gasteiger partial charge on any atom is 0.286 e. The molecule has 28 heavy (non-hydrogen) atoms. The minimum absolute atomic E-state index is 0.164. The van der Waals surface area contributed by atoms with Crippen LogP contribution < -0.4 is 9.64 Å². The molecule has 1 amide bonds. The zero-order valence-electron chi connectivity index (χ0n) is 16.3. The van der Waals surface area contributed by atoms with Crippen LogP contribution in [0.3, 0.4) is 0 Å². The van der Waals surface area contributed by atoms with E-state index >= 15 is 0 Å². The molecule has 6 nitrogen and oxygen atoms in total. The lowest BCUT2D eigenvalue weighted by Gasteiger charge is -2.32. The third-order valence-corrected chi connectivity index (χ3v) is 5.93. The summed E-state index contributed by atoms with van der Waals surface area (Å²) in [7, 11) is 0. The summed E-state index contributed by atoms with van der Waals surface area (Å²) in [5, 5.41) is 9.52. The van der Waals surface area contributed by atoms with Crippen LogP contribution in [0.4, 0.5) is 0 Å². The molecule has 0 saturated carbocycles. The zero-order chi connectivity index (χ0) is 19.8. The van der Waals surface area contributed by atoms with Gasteiger partial charge >= 0.3 is 0 Å². The molecular formula is C21H27N4O2S+. The number of carbonyl (C=O) groups is 1. The van der Waals surface area contributed by atoms with Crippen LogP contribution in [0.25, 0.3) is 6.08 Å². The van der Waals surface area contributed by atoms with Crippen LogP contribution in [0.2, 0.25) is 0 Å². The number of quaternary nitrogens is 1. The van der Waals surface area contributed by atoms with E-state index in [9.17, 15) is 4.79 Å². The summed E-state index contributed by atoms with van der Waals surface area (Å²) in [5.41, 5.74) is 0.973. The predicted octanol–water partition coefficient (Wildman–Crippen LogP) is 1.95. The number of nitriles is 1. The van der Waals surface area contributed by atoms with E-state index in [-0.39, 0.29) is 5.91 Å². The van der Waals surface area contributed by atoms with Gasteiger partial charge in [0, 0.05) is 0 Å². The standard InChI is InChI=1S/C21H26N4O2S/c1-2-3-15-27-18-7-5-17(6-8-18)16-19-20(26)23-21(28-19)25-13-11-24(12-14-25)10-4-9-22/h5-8,16H,2-4,10-15H2,1H3/p+1/b19-16-. The summed E-state index contributed by atoms with van der Waals surface area (Å²) in [6.07, 6.45) is 4.65. The van der Waals surface area contributed by atoms with Gasteiger partial charge in [-0.1, -0.05) is 25.5 Å². The summed E-state index contributed by atoms with van der Waals surface area (Å²) < 4.78 is 5.68. The van der Waals surface area contributed by atoms with Gasteiger partial charge in [0.1, 0.15) is 5.75 Å². The van der Waals surface area contributed by atoms with Crippen LogP contribution in [-0.4, -0.2) is 55.3 Å². The molecule has 2 heterocycles. The Morgan fingerprint density at radius 3 is 2.75 bits per heavy atom. The number of nitrogens with one attached hydrogen (secondary N) is 1. The molecule has 0 aliphatic carbocycles. The number of amides is 1. The number of ether oxygens (including phenoxy) is 1. The minimum atomic E-state index is -0.164. The number of amidine groups is 1. The lowest BCUT2D eigenvalue weighted by molar-refractivity contribution is -0.903. The summed E-state index contributed by atoms with van der Waals surface area (Å²) in [6, 6.07) is 10.0. The molecule has 1 aromatic rings. The first-order valence-electron chi connectivity index (χ1n) is 9.90. The minimum Gasteiger partial charge on any atom is -0.494 e. The molecule has 7 heteroatoms. The largest absolute Gasteiger partial charge is 0.494 e. The van der Waals surface area contributed by atoms with Crippen LogP contribution in [0.15, 0.2) is 34.2 Å². The SMILES string of the molecule is CCCCOc1ccc(/C=C2\SC(N3CC[NH+](CCC#N)CC3)=NC2=O)cc1. The maximum absolute atomic E-state index is 12.3. The molecule has 1 fully saturated rings. The molecule has 1 aromatic carbocycles. The Kier molecular flexibility index (Phi) is 7.52. The molecule has 2 aliphatic rings. The number of carbonyl (C=O) groups excluding carboxylic acids is 1. The van der Waals surface area contributed by atoms with Gasteiger partial charge in [0.2, 0.25) is 0 Å². The molecule has 0 radical (unpaired) electrons. The number of benzene rings is 1. The van der Waals surface area contributed by atoms with Gasteiger partial charge < -0.3 is 14.5 Å². The molecular weight excluding hydrogens is 372 g/mol. The maximum atomic E-state index is 12.3. The topological polar surface area (TPSA) is 70.1 Å². The molecule has 1 saturated heterocycles. The fourth-order valence-electron chi connectivity index (χ4n) is 3.18. The number of rotatable bonds is 7. The van der Waals surface area contributed by atoms with E-state index in [1.54, 1.807) is 0 Å². The Morgan fingerprint density at radius 2 is 2.07 bits per heavy atom. The Morgan fingerprint density at radius 1 is 1.32 bits per heavy atom. The van der Waals surface area contributed by atoms with Crippen LogP contribution in [-0.2, 0) is 4.79 Å². The van der Waals surface area contributed by atoms with Crippen molar-refractivity contribution in [1.29, 1.82) is 5.26 Å². The average molecular weight is 400 g/mol. The second-order valence-electron chi connectivity index (χ2n) is 6.98. The first kappa shape index (κ1) is 20.4. The highest BCUT2D eigenvalue weighted by molar-refractivity contribution is 8.18. The van der Waals surface area contributed by atoms with Gasteiger partial charge in [0.05, 0.1) is 56.7 Å². The van der Waals surface area contributed by atoms with Crippen molar-refractivity contribution in [2.75, 3.05) is 39.3 Å². The van der Waals surface area contributed by atoms with Gasteiger partial charge in [0.15, 0.2) is 5.17 Å². The predicted molar refractivity (Wildman–Crippen MR) is 112 cm³/mol. The molecule has 3 rings (SSSR count). The summed E-state index contributed by atoms with van der Waals surface area (Å²) in [5.74, 6) is 0.692. The fourth-order valence-corrected chi connectivity index (χ4v) is 4.14. The smallest absolute Gasteiger partial charge is 0.286 e. The molecule has 2 aliphatic heterocycles. The van der Waals surface area contributed by atoms with Crippen LogP contribution >= 0.6 is 11.8 Å². The Bertz CT molecular complexity index is 775. The number of unbranched alkanes of at least 4 members (excludes halogenated alkanes) is 1.